The van der Waals surface area contributed by atoms with Crippen LogP contribution in [0, 0.1) is 24.1 Å². The molecule has 202 valence electrons. The molecule has 0 radical (unpaired) electrons. The summed E-state index contributed by atoms with van der Waals surface area (Å²) in [4.78, 5) is 42.0. The van der Waals surface area contributed by atoms with Crippen LogP contribution in [0.5, 0.6) is 5.75 Å². The van der Waals surface area contributed by atoms with Crippen molar-refractivity contribution in [3.8, 4) is 18.2 Å². The maximum absolute atomic E-state index is 14.0. The maximum Gasteiger partial charge on any atom is 0.277 e. The number of carbonyl (C=O) groups is 2. The summed E-state index contributed by atoms with van der Waals surface area (Å²) in [6.45, 7) is 3.02. The molecule has 0 bridgehead atoms. The molecule has 0 saturated heterocycles. The van der Waals surface area contributed by atoms with Gasteiger partial charge in [0, 0.05) is 43.5 Å². The Kier molecular flexibility index (Phi) is 8.15. The third-order valence-electron chi connectivity index (χ3n) is 6.40. The van der Waals surface area contributed by atoms with Gasteiger partial charge in [-0.3, -0.25) is 24.1 Å². The lowest BCUT2D eigenvalue weighted by atomic mass is 10.1. The van der Waals surface area contributed by atoms with Gasteiger partial charge in [0.25, 0.3) is 11.8 Å². The number of benzene rings is 2. The van der Waals surface area contributed by atoms with Crippen LogP contribution in [0.15, 0.2) is 59.5 Å². The van der Waals surface area contributed by atoms with Gasteiger partial charge in [-0.15, -0.1) is 0 Å². The molecule has 1 aliphatic heterocycles. The zero-order chi connectivity index (χ0) is 28.1. The van der Waals surface area contributed by atoms with Crippen LogP contribution in [0.2, 0.25) is 0 Å². The molecule has 2 heterocycles. The highest BCUT2D eigenvalue weighted by molar-refractivity contribution is 5.99. The van der Waals surface area contributed by atoms with Crippen LogP contribution < -0.4 is 15.8 Å². The van der Waals surface area contributed by atoms with Gasteiger partial charge in [0.2, 0.25) is 5.43 Å². The van der Waals surface area contributed by atoms with Crippen molar-refractivity contribution in [1.29, 1.82) is 0 Å². The Hall–Kier alpha value is -4.85. The van der Waals surface area contributed by atoms with Gasteiger partial charge in [0.05, 0.1) is 13.1 Å². The lowest BCUT2D eigenvalue weighted by molar-refractivity contribution is 0.0694. The summed E-state index contributed by atoms with van der Waals surface area (Å²) in [6, 6.07) is 15.2. The van der Waals surface area contributed by atoms with Gasteiger partial charge in [-0.25, -0.2) is 8.78 Å². The van der Waals surface area contributed by atoms with Crippen LogP contribution in [0.25, 0.3) is 0 Å². The molecule has 0 spiro atoms. The van der Waals surface area contributed by atoms with E-state index in [9.17, 15) is 28.3 Å². The number of aromatic nitrogens is 1. The summed E-state index contributed by atoms with van der Waals surface area (Å²) < 4.78 is 28.5. The van der Waals surface area contributed by atoms with E-state index < -0.39 is 40.2 Å². The zero-order valence-corrected chi connectivity index (χ0v) is 21.2. The van der Waals surface area contributed by atoms with Crippen molar-refractivity contribution in [2.24, 2.45) is 0 Å². The van der Waals surface area contributed by atoms with Crippen LogP contribution >= 0.6 is 0 Å². The van der Waals surface area contributed by atoms with Crippen molar-refractivity contribution in [1.82, 2.24) is 19.8 Å². The highest BCUT2D eigenvalue weighted by Gasteiger charge is 2.33. The lowest BCUT2D eigenvalue weighted by Gasteiger charge is -2.40. The number of carbonyl (C=O) groups excluding carboxylic acids is 2. The first-order chi connectivity index (χ1) is 18.7. The summed E-state index contributed by atoms with van der Waals surface area (Å²) in [5, 5.41) is 14.8. The number of nitrogens with one attached hydrogen (secondary N) is 1. The van der Waals surface area contributed by atoms with E-state index in [-0.39, 0.29) is 31.0 Å². The number of hydrogen-bond acceptors (Lipinski definition) is 6. The summed E-state index contributed by atoms with van der Waals surface area (Å²) in [6.07, 6.45) is 6.90. The summed E-state index contributed by atoms with van der Waals surface area (Å²) in [5.74, 6) is -3.96. The second-order valence-corrected chi connectivity index (χ2v) is 8.90. The molecule has 1 aromatic heterocycles. The molecule has 1 aliphatic rings. The summed E-state index contributed by atoms with van der Waals surface area (Å²) in [5.41, 5.74) is -0.740. The van der Waals surface area contributed by atoms with Gasteiger partial charge < -0.3 is 20.2 Å². The van der Waals surface area contributed by atoms with Gasteiger partial charge in [0.1, 0.15) is 23.9 Å². The van der Waals surface area contributed by atoms with E-state index in [1.54, 1.807) is 16.8 Å². The van der Waals surface area contributed by atoms with Crippen molar-refractivity contribution in [3.63, 3.8) is 0 Å². The minimum Gasteiger partial charge on any atom is -0.502 e. The lowest BCUT2D eigenvalue weighted by Crippen LogP contribution is -2.56. The molecule has 0 fully saturated rings. The fraction of sp³-hybridized carbons (Fsp3) is 0.250. The zero-order valence-electron chi connectivity index (χ0n) is 21.2. The first kappa shape index (κ1) is 27.2. The number of amides is 2. The predicted octanol–water partition coefficient (Wildman–Crippen LogP) is 2.23. The first-order valence-electron chi connectivity index (χ1n) is 12.2. The second kappa shape index (κ2) is 11.7. The van der Waals surface area contributed by atoms with Crippen LogP contribution in [0.3, 0.4) is 0 Å². The van der Waals surface area contributed by atoms with E-state index in [0.29, 0.717) is 25.7 Å². The fourth-order valence-electron chi connectivity index (χ4n) is 4.24. The van der Waals surface area contributed by atoms with Crippen molar-refractivity contribution in [3.05, 3.63) is 99.0 Å². The van der Waals surface area contributed by atoms with Crippen molar-refractivity contribution < 1.29 is 23.5 Å². The Morgan fingerprint density at radius 3 is 2.59 bits per heavy atom. The number of hydrogen-bond donors (Lipinski definition) is 2. The van der Waals surface area contributed by atoms with Gasteiger partial charge in [-0.2, -0.15) is 0 Å². The van der Waals surface area contributed by atoms with E-state index in [0.717, 1.165) is 11.6 Å². The largest absolute Gasteiger partial charge is 0.502 e. The minimum atomic E-state index is -1.04. The van der Waals surface area contributed by atoms with E-state index in [4.69, 9.17) is 6.42 Å². The van der Waals surface area contributed by atoms with Crippen molar-refractivity contribution >= 4 is 11.8 Å². The molecule has 0 saturated carbocycles. The Bertz CT molecular complexity index is 1490. The fourth-order valence-corrected chi connectivity index (χ4v) is 4.24. The Morgan fingerprint density at radius 2 is 1.92 bits per heavy atom. The molecule has 11 heteroatoms. The molecular weight excluding hydrogens is 508 g/mol. The average molecular weight is 536 g/mol. The standard InChI is InChI=1S/C28H27F2N5O4/c1-3-32(16-19-8-6-5-7-9-19)12-13-34-18-33(4-2)28(39)24-26(37)25(36)22(17-35(24)34)27(38)31-15-20-10-11-21(29)14-23(20)30/h1,5-11,14,17,37H,4,12-13,15-16,18H2,2H3,(H,31,38). The normalized spacial score (nSPS) is 12.6. The third-order valence-corrected chi connectivity index (χ3v) is 6.40. The average Bonchev–Trinajstić information content (AvgIpc) is 2.93. The highest BCUT2D eigenvalue weighted by atomic mass is 19.1. The van der Waals surface area contributed by atoms with Gasteiger partial charge >= 0.3 is 0 Å². The monoisotopic (exact) mass is 535 g/mol. The molecule has 2 aromatic carbocycles. The molecule has 2 amide bonds. The summed E-state index contributed by atoms with van der Waals surface area (Å²) >= 11 is 0. The minimum absolute atomic E-state index is 0.00946. The molecule has 0 unspecified atom stereocenters. The molecule has 0 aliphatic carbocycles. The Morgan fingerprint density at radius 1 is 1.18 bits per heavy atom. The molecule has 2 N–H and O–H groups in total. The predicted molar refractivity (Wildman–Crippen MR) is 140 cm³/mol. The van der Waals surface area contributed by atoms with E-state index in [1.807, 2.05) is 30.3 Å². The van der Waals surface area contributed by atoms with Crippen molar-refractivity contribution in [2.45, 2.75) is 20.0 Å². The quantitative estimate of drug-likeness (QED) is 0.322. The van der Waals surface area contributed by atoms with Crippen LogP contribution in [0.4, 0.5) is 8.78 Å². The van der Waals surface area contributed by atoms with E-state index in [2.05, 4.69) is 11.4 Å². The number of rotatable bonds is 9. The number of halogens is 2. The SMILES string of the molecule is C#CN(CCN1CN(CC)C(=O)c2c(O)c(=O)c(C(=O)NCc3ccc(F)cc3F)cn21)Cc1ccccc1. The number of fused-ring (bicyclic) bond motifs is 1. The topological polar surface area (TPSA) is 98.1 Å². The van der Waals surface area contributed by atoms with Crippen LogP contribution in [-0.2, 0) is 13.1 Å². The third kappa shape index (κ3) is 5.85. The first-order valence-corrected chi connectivity index (χ1v) is 12.2. The van der Waals surface area contributed by atoms with Gasteiger partial charge in [-0.1, -0.05) is 42.8 Å². The maximum atomic E-state index is 14.0. The molecular formula is C28H27F2N5O4. The Balaban J connectivity index is 1.60. The highest BCUT2D eigenvalue weighted by Crippen LogP contribution is 2.21. The van der Waals surface area contributed by atoms with E-state index in [1.165, 1.54) is 21.8 Å². The molecule has 0 atom stereocenters. The molecule has 3 aromatic rings. The molecule has 39 heavy (non-hydrogen) atoms. The smallest absolute Gasteiger partial charge is 0.277 e. The van der Waals surface area contributed by atoms with Crippen molar-refractivity contribution in [2.75, 3.05) is 31.3 Å². The van der Waals surface area contributed by atoms with Crippen LogP contribution in [0.1, 0.15) is 38.9 Å². The Labute approximate surface area is 223 Å². The number of nitrogens with zero attached hydrogens (tertiary/aromatic N) is 4. The van der Waals surface area contributed by atoms with Gasteiger partial charge in [-0.05, 0) is 18.6 Å². The molecule has 4 rings (SSSR count). The number of aromatic hydroxyl groups is 1. The number of terminal acetylenes is 1. The summed E-state index contributed by atoms with van der Waals surface area (Å²) in [7, 11) is 0. The second-order valence-electron chi connectivity index (χ2n) is 8.90. The van der Waals surface area contributed by atoms with Gasteiger partial charge in [0.15, 0.2) is 11.4 Å². The molecule has 9 nitrogen and oxygen atoms in total. The van der Waals surface area contributed by atoms with Crippen LogP contribution in [-0.4, -0.2) is 57.7 Å². The van der Waals surface area contributed by atoms with E-state index >= 15 is 0 Å². The number of pyridine rings is 1.